The van der Waals surface area contributed by atoms with E-state index in [9.17, 15) is 0 Å². The summed E-state index contributed by atoms with van der Waals surface area (Å²) in [4.78, 5) is 0. The van der Waals surface area contributed by atoms with E-state index < -0.39 is 0 Å². The minimum atomic E-state index is -0.0985. The van der Waals surface area contributed by atoms with Crippen molar-refractivity contribution in [2.75, 3.05) is 0 Å². The van der Waals surface area contributed by atoms with E-state index in [2.05, 4.69) is 56.2 Å². The number of nitrogens with two attached hydrogens (primary N) is 1. The topological polar surface area (TPSA) is 43.8 Å². The Bertz CT molecular complexity index is 525. The van der Waals surface area contributed by atoms with Crippen molar-refractivity contribution in [3.05, 3.63) is 52.8 Å². The summed E-state index contributed by atoms with van der Waals surface area (Å²) in [6.07, 6.45) is 2.00. The third kappa shape index (κ3) is 2.87. The molecule has 1 heterocycles. The van der Waals surface area contributed by atoms with Crippen molar-refractivity contribution in [1.29, 1.82) is 0 Å². The van der Waals surface area contributed by atoms with Crippen molar-refractivity contribution in [2.24, 2.45) is 5.73 Å². The number of benzene rings is 1. The van der Waals surface area contributed by atoms with Crippen molar-refractivity contribution >= 4 is 0 Å². The number of rotatable bonds is 5. The van der Waals surface area contributed by atoms with Crippen LogP contribution in [0.25, 0.3) is 0 Å². The zero-order chi connectivity index (χ0) is 13.8. The van der Waals surface area contributed by atoms with Crippen LogP contribution in [-0.4, -0.2) is 9.78 Å². The van der Waals surface area contributed by atoms with Gasteiger partial charge in [-0.05, 0) is 37.0 Å². The van der Waals surface area contributed by atoms with E-state index in [0.29, 0.717) is 0 Å². The number of aryl methyl sites for hydroxylation is 3. The summed E-state index contributed by atoms with van der Waals surface area (Å²) in [5.74, 6) is 0. The molecule has 0 saturated heterocycles. The Hall–Kier alpha value is -1.61. The molecule has 2 N–H and O–H groups in total. The van der Waals surface area contributed by atoms with Gasteiger partial charge in [0.15, 0.2) is 0 Å². The Morgan fingerprint density at radius 2 is 1.79 bits per heavy atom. The lowest BCUT2D eigenvalue weighted by molar-refractivity contribution is 0.595. The lowest BCUT2D eigenvalue weighted by Crippen LogP contribution is -2.17. The van der Waals surface area contributed by atoms with Gasteiger partial charge in [0.1, 0.15) is 0 Å². The smallest absolute Gasteiger partial charge is 0.0723 e. The van der Waals surface area contributed by atoms with Crippen molar-refractivity contribution in [2.45, 2.75) is 46.2 Å². The third-order valence-electron chi connectivity index (χ3n) is 3.59. The van der Waals surface area contributed by atoms with Crippen molar-refractivity contribution in [3.63, 3.8) is 0 Å². The van der Waals surface area contributed by atoms with Crippen molar-refractivity contribution < 1.29 is 0 Å². The van der Waals surface area contributed by atoms with Crippen LogP contribution >= 0.6 is 0 Å². The minimum Gasteiger partial charge on any atom is -0.319 e. The molecule has 3 nitrogen and oxygen atoms in total. The minimum absolute atomic E-state index is 0.0985. The van der Waals surface area contributed by atoms with Crippen LogP contribution in [0.2, 0.25) is 0 Å². The fourth-order valence-corrected chi connectivity index (χ4v) is 2.29. The molecule has 0 saturated carbocycles. The second-order valence-corrected chi connectivity index (χ2v) is 4.80. The first-order valence-electron chi connectivity index (χ1n) is 7.10. The molecular weight excluding hydrogens is 234 g/mol. The molecule has 1 aromatic heterocycles. The molecule has 1 aromatic carbocycles. The molecule has 19 heavy (non-hydrogen) atoms. The Morgan fingerprint density at radius 3 is 2.32 bits per heavy atom. The average Bonchev–Trinajstić information content (AvgIpc) is 2.90. The van der Waals surface area contributed by atoms with Gasteiger partial charge in [-0.2, -0.15) is 5.10 Å². The normalized spacial score (nSPS) is 12.6. The van der Waals surface area contributed by atoms with E-state index in [4.69, 9.17) is 5.73 Å². The highest BCUT2D eigenvalue weighted by Crippen LogP contribution is 2.21. The van der Waals surface area contributed by atoms with Gasteiger partial charge in [-0.1, -0.05) is 38.1 Å². The molecule has 1 atom stereocenters. The maximum Gasteiger partial charge on any atom is 0.0723 e. The number of aromatic nitrogens is 2. The van der Waals surface area contributed by atoms with Gasteiger partial charge in [-0.15, -0.1) is 0 Å². The molecule has 0 aliphatic rings. The molecule has 1 unspecified atom stereocenters. The highest BCUT2D eigenvalue weighted by atomic mass is 15.3. The van der Waals surface area contributed by atoms with Crippen molar-refractivity contribution in [1.82, 2.24) is 9.78 Å². The summed E-state index contributed by atoms with van der Waals surface area (Å²) in [5, 5.41) is 4.56. The quantitative estimate of drug-likeness (QED) is 0.894. The molecule has 102 valence electrons. The van der Waals surface area contributed by atoms with Crippen LogP contribution in [0.4, 0.5) is 0 Å². The average molecular weight is 257 g/mol. The SMILES string of the molecule is CCc1ccc(C(N)c2cc(CC)nn2CC)cc1. The first-order valence-corrected chi connectivity index (χ1v) is 7.10. The largest absolute Gasteiger partial charge is 0.319 e. The van der Waals surface area contributed by atoms with Gasteiger partial charge in [-0.3, -0.25) is 4.68 Å². The molecule has 0 spiro atoms. The fourth-order valence-electron chi connectivity index (χ4n) is 2.29. The van der Waals surface area contributed by atoms with E-state index in [1.54, 1.807) is 0 Å². The monoisotopic (exact) mass is 257 g/mol. The molecular formula is C16H23N3. The Morgan fingerprint density at radius 1 is 1.11 bits per heavy atom. The second kappa shape index (κ2) is 6.02. The van der Waals surface area contributed by atoms with Crippen LogP contribution in [0.15, 0.2) is 30.3 Å². The van der Waals surface area contributed by atoms with E-state index in [-0.39, 0.29) is 6.04 Å². The number of hydrogen-bond acceptors (Lipinski definition) is 2. The van der Waals surface area contributed by atoms with E-state index in [1.807, 2.05) is 4.68 Å². The predicted molar refractivity (Wildman–Crippen MR) is 79.1 cm³/mol. The van der Waals surface area contributed by atoms with Crippen LogP contribution in [0.1, 0.15) is 49.3 Å². The van der Waals surface area contributed by atoms with Gasteiger partial charge >= 0.3 is 0 Å². The summed E-state index contributed by atoms with van der Waals surface area (Å²) < 4.78 is 2.01. The fraction of sp³-hybridized carbons (Fsp3) is 0.438. The molecule has 0 aliphatic carbocycles. The maximum absolute atomic E-state index is 6.39. The predicted octanol–water partition coefficient (Wildman–Crippen LogP) is 3.08. The molecule has 2 aromatic rings. The molecule has 0 bridgehead atoms. The summed E-state index contributed by atoms with van der Waals surface area (Å²) in [7, 11) is 0. The molecule has 0 fully saturated rings. The molecule has 0 amide bonds. The van der Waals surface area contributed by atoms with Gasteiger partial charge in [0.2, 0.25) is 0 Å². The van der Waals surface area contributed by atoms with Crippen LogP contribution in [0.3, 0.4) is 0 Å². The van der Waals surface area contributed by atoms with Crippen LogP contribution in [-0.2, 0) is 19.4 Å². The number of hydrogen-bond donors (Lipinski definition) is 1. The van der Waals surface area contributed by atoms with E-state index >= 15 is 0 Å². The van der Waals surface area contributed by atoms with E-state index in [1.165, 1.54) is 5.56 Å². The molecule has 3 heteroatoms. The van der Waals surface area contributed by atoms with Gasteiger partial charge in [0.05, 0.1) is 17.4 Å². The number of nitrogens with zero attached hydrogens (tertiary/aromatic N) is 2. The summed E-state index contributed by atoms with van der Waals surface area (Å²) in [6, 6.07) is 10.6. The lowest BCUT2D eigenvalue weighted by Gasteiger charge is -2.14. The Balaban J connectivity index is 2.31. The standard InChI is InChI=1S/C16H23N3/c1-4-12-7-9-13(10-8-12)16(17)15-11-14(5-2)18-19(15)6-3/h7-11,16H,4-6,17H2,1-3H3. The highest BCUT2D eigenvalue weighted by Gasteiger charge is 2.15. The first kappa shape index (κ1) is 13.8. The van der Waals surface area contributed by atoms with E-state index in [0.717, 1.165) is 36.3 Å². The Kier molecular flexibility index (Phi) is 4.38. The molecule has 0 aliphatic heterocycles. The third-order valence-corrected chi connectivity index (χ3v) is 3.59. The van der Waals surface area contributed by atoms with Gasteiger partial charge in [-0.25, -0.2) is 0 Å². The summed E-state index contributed by atoms with van der Waals surface area (Å²) in [5.41, 5.74) is 11.1. The summed E-state index contributed by atoms with van der Waals surface area (Å²) in [6.45, 7) is 7.24. The van der Waals surface area contributed by atoms with Gasteiger partial charge in [0.25, 0.3) is 0 Å². The van der Waals surface area contributed by atoms with Crippen LogP contribution in [0, 0.1) is 0 Å². The molecule has 0 radical (unpaired) electrons. The van der Waals surface area contributed by atoms with Crippen molar-refractivity contribution in [3.8, 4) is 0 Å². The zero-order valence-corrected chi connectivity index (χ0v) is 12.1. The highest BCUT2D eigenvalue weighted by molar-refractivity contribution is 5.31. The molecule has 2 rings (SSSR count). The maximum atomic E-state index is 6.39. The van der Waals surface area contributed by atoms with Gasteiger partial charge < -0.3 is 5.73 Å². The lowest BCUT2D eigenvalue weighted by atomic mass is 10.0. The Labute approximate surface area is 115 Å². The first-order chi connectivity index (χ1) is 9.19. The summed E-state index contributed by atoms with van der Waals surface area (Å²) >= 11 is 0. The second-order valence-electron chi connectivity index (χ2n) is 4.80. The van der Waals surface area contributed by atoms with Crippen LogP contribution in [0.5, 0.6) is 0 Å². The zero-order valence-electron chi connectivity index (χ0n) is 12.1. The van der Waals surface area contributed by atoms with Gasteiger partial charge in [0, 0.05) is 6.54 Å². The van der Waals surface area contributed by atoms with Crippen LogP contribution < -0.4 is 5.73 Å².